The van der Waals surface area contributed by atoms with Crippen molar-refractivity contribution in [2.75, 3.05) is 6.54 Å². The molecule has 0 radical (unpaired) electrons. The van der Waals surface area contributed by atoms with Crippen LogP contribution in [-0.2, 0) is 0 Å². The van der Waals surface area contributed by atoms with Crippen LogP contribution in [0, 0.1) is 5.92 Å². The molecule has 1 aliphatic rings. The van der Waals surface area contributed by atoms with Gasteiger partial charge in [-0.3, -0.25) is 0 Å². The second kappa shape index (κ2) is 5.61. The molecule has 3 atom stereocenters. The average Bonchev–Trinajstić information content (AvgIpc) is 2.15. The minimum atomic E-state index is -0.209. The molecule has 1 rings (SSSR count). The quantitative estimate of drug-likeness (QED) is 0.701. The fraction of sp³-hybridized carbons (Fsp3) is 1.00. The number of hydrogen-bond donors (Lipinski definition) is 2. The van der Waals surface area contributed by atoms with Crippen LogP contribution in [-0.4, -0.2) is 23.8 Å². The molecule has 0 amide bonds. The van der Waals surface area contributed by atoms with Crippen molar-refractivity contribution in [2.24, 2.45) is 5.92 Å². The number of hydrogen-bond acceptors (Lipinski definition) is 2. The Hall–Kier alpha value is -0.0800. The highest BCUT2D eigenvalue weighted by atomic mass is 16.3. The monoisotopic (exact) mass is 185 g/mol. The largest absolute Gasteiger partial charge is 0.392 e. The van der Waals surface area contributed by atoms with E-state index < -0.39 is 0 Å². The average molecular weight is 185 g/mol. The summed E-state index contributed by atoms with van der Waals surface area (Å²) in [6.45, 7) is 4.87. The van der Waals surface area contributed by atoms with Crippen molar-refractivity contribution in [1.29, 1.82) is 0 Å². The smallest absolute Gasteiger partial charge is 0.0636 e. The molecule has 0 unspecified atom stereocenters. The van der Waals surface area contributed by atoms with Crippen LogP contribution in [0.5, 0.6) is 0 Å². The maximum Gasteiger partial charge on any atom is 0.0636 e. The molecule has 2 N–H and O–H groups in total. The van der Waals surface area contributed by atoms with E-state index >= 15 is 0 Å². The zero-order chi connectivity index (χ0) is 9.68. The predicted octanol–water partition coefficient (Wildman–Crippen LogP) is 1.93. The highest BCUT2D eigenvalue weighted by Gasteiger charge is 2.22. The summed E-state index contributed by atoms with van der Waals surface area (Å²) in [4.78, 5) is 0. The molecular formula is C11H23NO. The maximum atomic E-state index is 9.18. The summed E-state index contributed by atoms with van der Waals surface area (Å²) in [7, 11) is 0. The summed E-state index contributed by atoms with van der Waals surface area (Å²) in [5, 5.41) is 12.7. The van der Waals surface area contributed by atoms with Gasteiger partial charge in [-0.1, -0.05) is 26.2 Å². The minimum Gasteiger partial charge on any atom is -0.392 e. The van der Waals surface area contributed by atoms with Gasteiger partial charge in [0.25, 0.3) is 0 Å². The van der Waals surface area contributed by atoms with E-state index in [-0.39, 0.29) is 6.10 Å². The van der Waals surface area contributed by atoms with Crippen LogP contribution >= 0.6 is 0 Å². The lowest BCUT2D eigenvalue weighted by Gasteiger charge is -2.32. The second-order valence-electron chi connectivity index (χ2n) is 4.32. The minimum absolute atomic E-state index is 0.209. The van der Waals surface area contributed by atoms with Gasteiger partial charge in [0, 0.05) is 12.6 Å². The first-order valence-corrected chi connectivity index (χ1v) is 5.65. The molecule has 0 saturated heterocycles. The molecule has 2 nitrogen and oxygen atoms in total. The van der Waals surface area contributed by atoms with Crippen molar-refractivity contribution in [2.45, 2.75) is 58.1 Å². The van der Waals surface area contributed by atoms with Crippen LogP contribution in [0.25, 0.3) is 0 Å². The number of nitrogens with one attached hydrogen (secondary N) is 1. The Morgan fingerprint density at radius 2 is 2.08 bits per heavy atom. The zero-order valence-corrected chi connectivity index (χ0v) is 8.92. The number of aliphatic hydroxyl groups is 1. The van der Waals surface area contributed by atoms with Gasteiger partial charge in [-0.15, -0.1) is 0 Å². The van der Waals surface area contributed by atoms with Gasteiger partial charge in [0.05, 0.1) is 6.10 Å². The Morgan fingerprint density at radius 1 is 1.38 bits per heavy atom. The van der Waals surface area contributed by atoms with Gasteiger partial charge in [-0.2, -0.15) is 0 Å². The van der Waals surface area contributed by atoms with Crippen molar-refractivity contribution < 1.29 is 5.11 Å². The molecule has 0 aliphatic heterocycles. The van der Waals surface area contributed by atoms with E-state index in [1.807, 2.05) is 6.92 Å². The van der Waals surface area contributed by atoms with Gasteiger partial charge in [0.2, 0.25) is 0 Å². The Bertz CT molecular complexity index is 136. The summed E-state index contributed by atoms with van der Waals surface area (Å²) in [5.41, 5.74) is 0. The van der Waals surface area contributed by atoms with Gasteiger partial charge in [-0.25, -0.2) is 0 Å². The molecule has 1 saturated carbocycles. The van der Waals surface area contributed by atoms with Crippen molar-refractivity contribution >= 4 is 0 Å². The topological polar surface area (TPSA) is 32.3 Å². The zero-order valence-electron chi connectivity index (χ0n) is 8.92. The molecular weight excluding hydrogens is 162 g/mol. The molecule has 0 aromatic carbocycles. The van der Waals surface area contributed by atoms with Gasteiger partial charge < -0.3 is 10.4 Å². The molecule has 0 aromatic rings. The number of rotatable bonds is 4. The van der Waals surface area contributed by atoms with E-state index in [2.05, 4.69) is 12.2 Å². The number of aliphatic hydroxyl groups excluding tert-OH is 1. The van der Waals surface area contributed by atoms with E-state index in [1.165, 1.54) is 32.1 Å². The SMILES string of the molecule is CC[C@@H]1CCCC[C@H]1NC[C@H](C)O. The fourth-order valence-corrected chi connectivity index (χ4v) is 2.29. The van der Waals surface area contributed by atoms with Crippen LogP contribution in [0.1, 0.15) is 46.0 Å². The fourth-order valence-electron chi connectivity index (χ4n) is 2.29. The lowest BCUT2D eigenvalue weighted by molar-refractivity contribution is 0.167. The molecule has 0 heterocycles. The second-order valence-corrected chi connectivity index (χ2v) is 4.32. The van der Waals surface area contributed by atoms with Crippen LogP contribution in [0.2, 0.25) is 0 Å². The van der Waals surface area contributed by atoms with Crippen LogP contribution in [0.15, 0.2) is 0 Å². The van der Waals surface area contributed by atoms with Crippen LogP contribution in [0.3, 0.4) is 0 Å². The van der Waals surface area contributed by atoms with Crippen molar-refractivity contribution in [3.05, 3.63) is 0 Å². The molecule has 2 heteroatoms. The summed E-state index contributed by atoms with van der Waals surface area (Å²) in [5.74, 6) is 0.840. The van der Waals surface area contributed by atoms with E-state index in [1.54, 1.807) is 0 Å². The first-order valence-electron chi connectivity index (χ1n) is 5.65. The van der Waals surface area contributed by atoms with Crippen LogP contribution in [0.4, 0.5) is 0 Å². The summed E-state index contributed by atoms with van der Waals surface area (Å²) >= 11 is 0. The maximum absolute atomic E-state index is 9.18. The normalized spacial score (nSPS) is 31.6. The van der Waals surface area contributed by atoms with Gasteiger partial charge >= 0.3 is 0 Å². The van der Waals surface area contributed by atoms with Crippen molar-refractivity contribution in [3.8, 4) is 0 Å². The molecule has 1 aliphatic carbocycles. The molecule has 0 aromatic heterocycles. The van der Waals surface area contributed by atoms with E-state index in [9.17, 15) is 5.11 Å². The van der Waals surface area contributed by atoms with Gasteiger partial charge in [0.15, 0.2) is 0 Å². The lowest BCUT2D eigenvalue weighted by Crippen LogP contribution is -2.41. The van der Waals surface area contributed by atoms with Gasteiger partial charge in [0.1, 0.15) is 0 Å². The predicted molar refractivity (Wildman–Crippen MR) is 55.7 cm³/mol. The Kier molecular flexibility index (Phi) is 4.74. The van der Waals surface area contributed by atoms with Crippen LogP contribution < -0.4 is 5.32 Å². The standard InChI is InChI=1S/C11H23NO/c1-3-10-6-4-5-7-11(10)12-8-9(2)13/h9-13H,3-8H2,1-2H3/t9-,10+,11+/m0/s1. The first kappa shape index (κ1) is 11.0. The Balaban J connectivity index is 2.27. The Morgan fingerprint density at radius 3 is 2.69 bits per heavy atom. The van der Waals surface area contributed by atoms with Crippen molar-refractivity contribution in [3.63, 3.8) is 0 Å². The molecule has 0 bridgehead atoms. The first-order chi connectivity index (χ1) is 6.24. The third kappa shape index (κ3) is 3.65. The molecule has 0 spiro atoms. The van der Waals surface area contributed by atoms with E-state index in [4.69, 9.17) is 0 Å². The van der Waals surface area contributed by atoms with E-state index in [0.29, 0.717) is 6.04 Å². The third-order valence-electron chi connectivity index (χ3n) is 3.11. The highest BCUT2D eigenvalue weighted by Crippen LogP contribution is 2.26. The third-order valence-corrected chi connectivity index (χ3v) is 3.11. The van der Waals surface area contributed by atoms with Gasteiger partial charge in [-0.05, 0) is 25.7 Å². The Labute approximate surface area is 81.7 Å². The molecule has 13 heavy (non-hydrogen) atoms. The summed E-state index contributed by atoms with van der Waals surface area (Å²) in [6, 6.07) is 0.661. The lowest BCUT2D eigenvalue weighted by atomic mass is 9.83. The highest BCUT2D eigenvalue weighted by molar-refractivity contribution is 4.80. The summed E-state index contributed by atoms with van der Waals surface area (Å²) in [6.07, 6.45) is 6.48. The molecule has 78 valence electrons. The van der Waals surface area contributed by atoms with Crippen molar-refractivity contribution in [1.82, 2.24) is 5.32 Å². The molecule has 1 fully saturated rings. The van der Waals surface area contributed by atoms with E-state index in [0.717, 1.165) is 12.5 Å². The summed E-state index contributed by atoms with van der Waals surface area (Å²) < 4.78 is 0.